The fourth-order valence-electron chi connectivity index (χ4n) is 1.88. The summed E-state index contributed by atoms with van der Waals surface area (Å²) in [5.41, 5.74) is 0.889. The Balaban J connectivity index is 1.74. The second-order valence-corrected chi connectivity index (χ2v) is 6.87. The van der Waals surface area contributed by atoms with E-state index >= 15 is 0 Å². The monoisotopic (exact) mass is 457 g/mol. The van der Waals surface area contributed by atoms with E-state index < -0.39 is 11.8 Å². The summed E-state index contributed by atoms with van der Waals surface area (Å²) in [7, 11) is 0. The minimum atomic E-state index is -0.496. The van der Waals surface area contributed by atoms with Crippen molar-refractivity contribution in [1.29, 1.82) is 0 Å². The van der Waals surface area contributed by atoms with Crippen LogP contribution in [0.25, 0.3) is 0 Å². The van der Waals surface area contributed by atoms with E-state index in [0.717, 1.165) is 4.47 Å². The number of rotatable bonds is 6. The van der Waals surface area contributed by atoms with Crippen LogP contribution >= 0.6 is 39.1 Å². The molecular formula is C17H14BrCl2N3O3. The summed E-state index contributed by atoms with van der Waals surface area (Å²) in [5, 5.41) is 8.07. The van der Waals surface area contributed by atoms with Crippen LogP contribution in [0.15, 0.2) is 46.9 Å². The van der Waals surface area contributed by atoms with Crippen LogP contribution in [0.1, 0.15) is 10.4 Å². The lowest BCUT2D eigenvalue weighted by Crippen LogP contribution is -2.40. The molecule has 0 spiro atoms. The van der Waals surface area contributed by atoms with E-state index in [9.17, 15) is 14.4 Å². The van der Waals surface area contributed by atoms with Crippen molar-refractivity contribution in [1.82, 2.24) is 10.6 Å². The van der Waals surface area contributed by atoms with Gasteiger partial charge < -0.3 is 16.0 Å². The quantitative estimate of drug-likeness (QED) is 0.620. The number of amides is 3. The van der Waals surface area contributed by atoms with Gasteiger partial charge in [-0.3, -0.25) is 14.4 Å². The zero-order valence-corrected chi connectivity index (χ0v) is 16.4. The first kappa shape index (κ1) is 20.2. The maximum atomic E-state index is 11.9. The lowest BCUT2D eigenvalue weighted by atomic mass is 10.2. The molecule has 0 heterocycles. The minimum Gasteiger partial charge on any atom is -0.345 e. The Labute approximate surface area is 168 Å². The molecule has 0 radical (unpaired) electrons. The average molecular weight is 459 g/mol. The second-order valence-electron chi connectivity index (χ2n) is 5.14. The smallest absolute Gasteiger partial charge is 0.251 e. The van der Waals surface area contributed by atoms with Gasteiger partial charge in [0.05, 0.1) is 23.1 Å². The van der Waals surface area contributed by atoms with Crippen molar-refractivity contribution in [2.75, 3.05) is 18.4 Å². The van der Waals surface area contributed by atoms with Gasteiger partial charge in [0.2, 0.25) is 11.8 Å². The van der Waals surface area contributed by atoms with Gasteiger partial charge in [-0.25, -0.2) is 0 Å². The van der Waals surface area contributed by atoms with Crippen molar-refractivity contribution in [2.24, 2.45) is 0 Å². The highest BCUT2D eigenvalue weighted by atomic mass is 79.9. The maximum absolute atomic E-state index is 11.9. The van der Waals surface area contributed by atoms with Gasteiger partial charge in [-0.15, -0.1) is 0 Å². The van der Waals surface area contributed by atoms with Crippen molar-refractivity contribution in [3.05, 3.63) is 62.5 Å². The number of hydrogen-bond donors (Lipinski definition) is 3. The highest BCUT2D eigenvalue weighted by Gasteiger charge is 2.11. The Kier molecular flexibility index (Phi) is 7.44. The lowest BCUT2D eigenvalue weighted by Gasteiger charge is -2.08. The van der Waals surface area contributed by atoms with Crippen LogP contribution in [0, 0.1) is 0 Å². The molecule has 2 aromatic carbocycles. The summed E-state index contributed by atoms with van der Waals surface area (Å²) in [6.07, 6.45) is 0. The highest BCUT2D eigenvalue weighted by Crippen LogP contribution is 2.22. The number of benzene rings is 2. The molecule has 0 aliphatic heterocycles. The number of anilines is 1. The van der Waals surface area contributed by atoms with Crippen LogP contribution < -0.4 is 16.0 Å². The first-order valence-corrected chi connectivity index (χ1v) is 8.95. The van der Waals surface area contributed by atoms with E-state index in [0.29, 0.717) is 10.7 Å². The fourth-order valence-corrected chi connectivity index (χ4v) is 2.44. The van der Waals surface area contributed by atoms with Gasteiger partial charge in [-0.1, -0.05) is 39.1 Å². The molecule has 3 N–H and O–H groups in total. The number of hydrogen-bond acceptors (Lipinski definition) is 3. The summed E-state index contributed by atoms with van der Waals surface area (Å²) in [5.74, 6) is -1.35. The van der Waals surface area contributed by atoms with Crippen molar-refractivity contribution in [2.45, 2.75) is 0 Å². The summed E-state index contributed by atoms with van der Waals surface area (Å²) in [4.78, 5) is 35.5. The van der Waals surface area contributed by atoms with E-state index in [1.807, 2.05) is 0 Å². The van der Waals surface area contributed by atoms with Crippen molar-refractivity contribution < 1.29 is 14.4 Å². The molecular weight excluding hydrogens is 445 g/mol. The van der Waals surface area contributed by atoms with Crippen molar-refractivity contribution >= 4 is 62.5 Å². The first-order chi connectivity index (χ1) is 12.3. The number of carbonyl (C=O) groups excluding carboxylic acids is 3. The number of carbonyl (C=O) groups is 3. The van der Waals surface area contributed by atoms with Crippen molar-refractivity contribution in [3.8, 4) is 0 Å². The predicted octanol–water partition coefficient (Wildman–Crippen LogP) is 3.24. The molecule has 0 fully saturated rings. The summed E-state index contributed by atoms with van der Waals surface area (Å²) in [6.45, 7) is -0.484. The van der Waals surface area contributed by atoms with Crippen LogP contribution in [-0.4, -0.2) is 30.8 Å². The molecule has 0 aliphatic rings. The molecule has 0 atom stereocenters. The third-order valence-electron chi connectivity index (χ3n) is 3.17. The SMILES string of the molecule is O=C(CNC(=O)c1ccc(Cl)c(Cl)c1)NCC(=O)Nc1ccc(Br)cc1. The summed E-state index contributed by atoms with van der Waals surface area (Å²) in [6, 6.07) is 11.4. The zero-order chi connectivity index (χ0) is 19.1. The highest BCUT2D eigenvalue weighted by molar-refractivity contribution is 9.10. The molecule has 0 aliphatic carbocycles. The van der Waals surface area contributed by atoms with Gasteiger partial charge in [-0.2, -0.15) is 0 Å². The van der Waals surface area contributed by atoms with Gasteiger partial charge in [-0.05, 0) is 42.5 Å². The number of nitrogens with one attached hydrogen (secondary N) is 3. The third-order valence-corrected chi connectivity index (χ3v) is 4.43. The Bertz CT molecular complexity index is 829. The van der Waals surface area contributed by atoms with E-state index in [1.54, 1.807) is 24.3 Å². The maximum Gasteiger partial charge on any atom is 0.251 e. The van der Waals surface area contributed by atoms with Gasteiger partial charge >= 0.3 is 0 Å². The topological polar surface area (TPSA) is 87.3 Å². The molecule has 0 saturated carbocycles. The summed E-state index contributed by atoms with van der Waals surface area (Å²) < 4.78 is 0.890. The van der Waals surface area contributed by atoms with Crippen LogP contribution in [0.3, 0.4) is 0 Å². The molecule has 3 amide bonds. The summed E-state index contributed by atoms with van der Waals surface area (Å²) >= 11 is 14.9. The standard InChI is InChI=1S/C17H14BrCl2N3O3/c18-11-2-4-12(5-3-11)23-16(25)9-21-15(24)8-22-17(26)10-1-6-13(19)14(20)7-10/h1-7H,8-9H2,(H,21,24)(H,22,26)(H,23,25). The first-order valence-electron chi connectivity index (χ1n) is 7.40. The molecule has 6 nitrogen and oxygen atoms in total. The van der Waals surface area contributed by atoms with Gasteiger partial charge in [0.25, 0.3) is 5.91 Å². The van der Waals surface area contributed by atoms with E-state index in [-0.39, 0.29) is 29.6 Å². The molecule has 0 saturated heterocycles. The molecule has 2 aromatic rings. The van der Waals surface area contributed by atoms with Gasteiger partial charge in [0.1, 0.15) is 0 Å². The Morgan fingerprint density at radius 2 is 1.50 bits per heavy atom. The van der Waals surface area contributed by atoms with Crippen LogP contribution in [0.5, 0.6) is 0 Å². The van der Waals surface area contributed by atoms with Gasteiger partial charge in [0.15, 0.2) is 0 Å². The Morgan fingerprint density at radius 3 is 2.15 bits per heavy atom. The largest absolute Gasteiger partial charge is 0.345 e. The third kappa shape index (κ3) is 6.33. The molecule has 26 heavy (non-hydrogen) atoms. The lowest BCUT2D eigenvalue weighted by molar-refractivity contribution is -0.123. The second kappa shape index (κ2) is 9.56. The molecule has 9 heteroatoms. The minimum absolute atomic E-state index is 0.211. The predicted molar refractivity (Wildman–Crippen MR) is 105 cm³/mol. The Hall–Kier alpha value is -2.09. The number of halogens is 3. The molecule has 0 aromatic heterocycles. The van der Waals surface area contributed by atoms with Crippen LogP contribution in [-0.2, 0) is 9.59 Å². The van der Waals surface area contributed by atoms with E-state index in [2.05, 4.69) is 31.9 Å². The van der Waals surface area contributed by atoms with Gasteiger partial charge in [0, 0.05) is 15.7 Å². The zero-order valence-electron chi connectivity index (χ0n) is 13.3. The molecule has 136 valence electrons. The van der Waals surface area contributed by atoms with Crippen LogP contribution in [0.4, 0.5) is 5.69 Å². The average Bonchev–Trinajstić information content (AvgIpc) is 2.62. The normalized spacial score (nSPS) is 10.1. The molecule has 0 unspecified atom stereocenters. The molecule has 2 rings (SSSR count). The van der Waals surface area contributed by atoms with E-state index in [4.69, 9.17) is 23.2 Å². The van der Waals surface area contributed by atoms with Crippen LogP contribution in [0.2, 0.25) is 10.0 Å². The van der Waals surface area contributed by atoms with E-state index in [1.165, 1.54) is 18.2 Å². The van der Waals surface area contributed by atoms with Crippen molar-refractivity contribution in [3.63, 3.8) is 0 Å². The molecule has 0 bridgehead atoms. The fraction of sp³-hybridized carbons (Fsp3) is 0.118. The Morgan fingerprint density at radius 1 is 0.846 bits per heavy atom.